The molecule has 8 nitrogen and oxygen atoms in total. The van der Waals surface area contributed by atoms with Gasteiger partial charge in [-0.3, -0.25) is 4.79 Å². The van der Waals surface area contributed by atoms with E-state index in [2.05, 4.69) is 20.4 Å². The third kappa shape index (κ3) is 4.12. The van der Waals surface area contributed by atoms with Crippen LogP contribution in [0.2, 0.25) is 0 Å². The Morgan fingerprint density at radius 3 is 2.50 bits per heavy atom. The standard InChI is InChI=1S/C22H22N6O2/c1-22(2,3)19-20(29)28(21-25-23-15-27(21)26-19)24-13-16-9-11-18(12-10-16)30-14-17-7-5-4-6-8-17/h4-13,15H,14H2,1-3H3/b24-13-. The first-order valence-electron chi connectivity index (χ1n) is 9.56. The summed E-state index contributed by atoms with van der Waals surface area (Å²) in [5.41, 5.74) is 1.55. The molecule has 30 heavy (non-hydrogen) atoms. The van der Waals surface area contributed by atoms with Gasteiger partial charge in [0.1, 0.15) is 24.4 Å². The third-order valence-electron chi connectivity index (χ3n) is 4.47. The van der Waals surface area contributed by atoms with Gasteiger partial charge in [0.2, 0.25) is 0 Å². The van der Waals surface area contributed by atoms with E-state index < -0.39 is 5.41 Å². The van der Waals surface area contributed by atoms with Crippen LogP contribution >= 0.6 is 0 Å². The van der Waals surface area contributed by atoms with Gasteiger partial charge in [-0.1, -0.05) is 51.1 Å². The fraction of sp³-hybridized carbons (Fsp3) is 0.227. The maximum Gasteiger partial charge on any atom is 0.298 e. The Balaban J connectivity index is 1.57. The van der Waals surface area contributed by atoms with Gasteiger partial charge in [0.05, 0.1) is 6.21 Å². The quantitative estimate of drug-likeness (QED) is 0.479. The van der Waals surface area contributed by atoms with Gasteiger partial charge in [-0.15, -0.1) is 10.2 Å². The highest BCUT2D eigenvalue weighted by molar-refractivity contribution is 5.79. The highest BCUT2D eigenvalue weighted by Crippen LogP contribution is 2.16. The van der Waals surface area contributed by atoms with E-state index in [0.717, 1.165) is 16.9 Å². The molecule has 0 amide bonds. The highest BCUT2D eigenvalue weighted by Gasteiger charge is 2.23. The average Bonchev–Trinajstić information content (AvgIpc) is 3.20. The van der Waals surface area contributed by atoms with E-state index >= 15 is 0 Å². The molecule has 0 spiro atoms. The lowest BCUT2D eigenvalue weighted by atomic mass is 9.93. The van der Waals surface area contributed by atoms with E-state index in [-0.39, 0.29) is 11.3 Å². The predicted octanol–water partition coefficient (Wildman–Crippen LogP) is 3.04. The van der Waals surface area contributed by atoms with E-state index in [1.54, 1.807) is 6.21 Å². The molecule has 0 N–H and O–H groups in total. The summed E-state index contributed by atoms with van der Waals surface area (Å²) < 4.78 is 8.48. The number of nitrogens with zero attached hydrogens (tertiary/aromatic N) is 6. The van der Waals surface area contributed by atoms with E-state index in [1.807, 2.05) is 75.4 Å². The van der Waals surface area contributed by atoms with Crippen LogP contribution in [-0.2, 0) is 12.0 Å². The number of hydrogen-bond donors (Lipinski definition) is 0. The first kappa shape index (κ1) is 19.5. The molecule has 0 atom stereocenters. The normalized spacial score (nSPS) is 12.0. The summed E-state index contributed by atoms with van der Waals surface area (Å²) in [6.07, 6.45) is 3.05. The number of aromatic nitrogens is 5. The summed E-state index contributed by atoms with van der Waals surface area (Å²) in [5, 5.41) is 16.5. The van der Waals surface area contributed by atoms with Crippen molar-refractivity contribution >= 4 is 12.0 Å². The van der Waals surface area contributed by atoms with Crippen LogP contribution in [0.15, 0.2) is 70.8 Å². The molecule has 0 fully saturated rings. The van der Waals surface area contributed by atoms with Crippen LogP contribution < -0.4 is 10.3 Å². The molecule has 0 bridgehead atoms. The summed E-state index contributed by atoms with van der Waals surface area (Å²) in [4.78, 5) is 12.9. The molecule has 4 aromatic rings. The second-order valence-corrected chi connectivity index (χ2v) is 7.88. The number of fused-ring (bicyclic) bond motifs is 1. The summed E-state index contributed by atoms with van der Waals surface area (Å²) in [6, 6.07) is 17.5. The van der Waals surface area contributed by atoms with Gasteiger partial charge in [0.15, 0.2) is 0 Å². The molecule has 2 aromatic heterocycles. The average molecular weight is 402 g/mol. The van der Waals surface area contributed by atoms with Gasteiger partial charge in [0.25, 0.3) is 11.3 Å². The van der Waals surface area contributed by atoms with Crippen LogP contribution in [0.5, 0.6) is 5.75 Å². The van der Waals surface area contributed by atoms with Crippen LogP contribution in [-0.4, -0.2) is 30.7 Å². The van der Waals surface area contributed by atoms with Crippen molar-refractivity contribution in [2.24, 2.45) is 5.10 Å². The van der Waals surface area contributed by atoms with Gasteiger partial charge in [-0.2, -0.15) is 19.4 Å². The minimum absolute atomic E-state index is 0.257. The SMILES string of the molecule is CC(C)(C)c1nn2cnnc2n(/N=C\c2ccc(OCc3ccccc3)cc2)c1=O. The predicted molar refractivity (Wildman–Crippen MR) is 114 cm³/mol. The molecule has 2 aromatic carbocycles. The molecule has 2 heterocycles. The lowest BCUT2D eigenvalue weighted by molar-refractivity contribution is 0.306. The number of ether oxygens (including phenoxy) is 1. The van der Waals surface area contributed by atoms with Crippen LogP contribution in [0.3, 0.4) is 0 Å². The zero-order chi connectivity index (χ0) is 21.1. The monoisotopic (exact) mass is 402 g/mol. The van der Waals surface area contributed by atoms with Crippen molar-refractivity contribution in [2.45, 2.75) is 32.8 Å². The first-order valence-corrected chi connectivity index (χ1v) is 9.56. The lowest BCUT2D eigenvalue weighted by Crippen LogP contribution is -2.33. The van der Waals surface area contributed by atoms with Gasteiger partial charge in [-0.05, 0) is 35.4 Å². The summed E-state index contributed by atoms with van der Waals surface area (Å²) in [6.45, 7) is 6.28. The molecule has 0 aliphatic carbocycles. The Morgan fingerprint density at radius 2 is 1.80 bits per heavy atom. The summed E-state index contributed by atoms with van der Waals surface area (Å²) >= 11 is 0. The van der Waals surface area contributed by atoms with Crippen LogP contribution in [0.25, 0.3) is 5.78 Å². The van der Waals surface area contributed by atoms with Crippen molar-refractivity contribution < 1.29 is 4.74 Å². The first-order chi connectivity index (χ1) is 14.4. The topological polar surface area (TPSA) is 86.7 Å². The van der Waals surface area contributed by atoms with Crippen molar-refractivity contribution in [3.8, 4) is 5.75 Å². The molecule has 0 radical (unpaired) electrons. The Kier molecular flexibility index (Phi) is 5.14. The molecule has 8 heteroatoms. The van der Waals surface area contributed by atoms with Gasteiger partial charge in [0, 0.05) is 5.41 Å². The van der Waals surface area contributed by atoms with Crippen LogP contribution in [0, 0.1) is 0 Å². The maximum absolute atomic E-state index is 12.9. The molecular weight excluding hydrogens is 380 g/mol. The highest BCUT2D eigenvalue weighted by atomic mass is 16.5. The number of rotatable bonds is 5. The number of hydrogen-bond acceptors (Lipinski definition) is 6. The van der Waals surface area contributed by atoms with Crippen molar-refractivity contribution in [3.05, 3.63) is 88.1 Å². The summed E-state index contributed by atoms with van der Waals surface area (Å²) in [7, 11) is 0. The van der Waals surface area contributed by atoms with E-state index in [0.29, 0.717) is 12.3 Å². The Labute approximate surface area is 173 Å². The summed E-state index contributed by atoms with van der Waals surface area (Å²) in [5.74, 6) is 1.01. The molecule has 0 saturated heterocycles. The van der Waals surface area contributed by atoms with Crippen molar-refractivity contribution in [1.82, 2.24) is 24.5 Å². The van der Waals surface area contributed by atoms with Gasteiger partial charge >= 0.3 is 0 Å². The molecule has 152 valence electrons. The minimum Gasteiger partial charge on any atom is -0.489 e. The van der Waals surface area contributed by atoms with E-state index in [4.69, 9.17) is 4.74 Å². The second-order valence-electron chi connectivity index (χ2n) is 7.88. The Hall–Kier alpha value is -3.81. The van der Waals surface area contributed by atoms with Crippen LogP contribution in [0.1, 0.15) is 37.6 Å². The molecule has 4 rings (SSSR count). The minimum atomic E-state index is -0.440. The molecule has 0 aliphatic rings. The molecule has 0 saturated carbocycles. The Bertz CT molecular complexity index is 1230. The fourth-order valence-corrected chi connectivity index (χ4v) is 2.87. The maximum atomic E-state index is 12.9. The zero-order valence-electron chi connectivity index (χ0n) is 17.1. The van der Waals surface area contributed by atoms with Crippen molar-refractivity contribution in [3.63, 3.8) is 0 Å². The van der Waals surface area contributed by atoms with E-state index in [1.165, 1.54) is 15.5 Å². The largest absolute Gasteiger partial charge is 0.489 e. The molecule has 0 aliphatic heterocycles. The third-order valence-corrected chi connectivity index (χ3v) is 4.47. The van der Waals surface area contributed by atoms with Crippen molar-refractivity contribution in [1.29, 1.82) is 0 Å². The number of benzene rings is 2. The van der Waals surface area contributed by atoms with Gasteiger partial charge in [-0.25, -0.2) is 0 Å². The lowest BCUT2D eigenvalue weighted by Gasteiger charge is -2.16. The smallest absolute Gasteiger partial charge is 0.298 e. The van der Waals surface area contributed by atoms with E-state index in [9.17, 15) is 4.79 Å². The molecular formula is C22H22N6O2. The van der Waals surface area contributed by atoms with Crippen molar-refractivity contribution in [2.75, 3.05) is 0 Å². The van der Waals surface area contributed by atoms with Gasteiger partial charge < -0.3 is 4.74 Å². The molecule has 0 unspecified atom stereocenters. The zero-order valence-corrected chi connectivity index (χ0v) is 17.1. The van der Waals surface area contributed by atoms with Crippen LogP contribution in [0.4, 0.5) is 0 Å². The second kappa shape index (κ2) is 7.90. The fourth-order valence-electron chi connectivity index (χ4n) is 2.87. The Morgan fingerprint density at radius 1 is 1.07 bits per heavy atom.